The number of urea groups is 1. The molecule has 0 heterocycles. The van der Waals surface area contributed by atoms with E-state index in [9.17, 15) is 18.7 Å². The molecule has 0 radical (unpaired) electrons. The van der Waals surface area contributed by atoms with Crippen molar-refractivity contribution < 1.29 is 23.4 Å². The van der Waals surface area contributed by atoms with E-state index < -0.39 is 12.6 Å². The van der Waals surface area contributed by atoms with Gasteiger partial charge < -0.3 is 20.1 Å². The van der Waals surface area contributed by atoms with Crippen LogP contribution in [0.2, 0.25) is 0 Å². The fourth-order valence-corrected chi connectivity index (χ4v) is 2.16. The van der Waals surface area contributed by atoms with Gasteiger partial charge in [-0.25, -0.2) is 4.79 Å². The third kappa shape index (κ3) is 4.34. The fraction of sp³-hybridized carbons (Fsp3) is 0.235. The van der Waals surface area contributed by atoms with E-state index in [2.05, 4.69) is 10.1 Å². The zero-order valence-corrected chi connectivity index (χ0v) is 13.3. The molecule has 0 aromatic heterocycles. The van der Waals surface area contributed by atoms with Crippen LogP contribution < -0.4 is 10.1 Å². The summed E-state index contributed by atoms with van der Waals surface area (Å²) in [7, 11) is 1.57. The van der Waals surface area contributed by atoms with Gasteiger partial charge in [-0.2, -0.15) is 8.78 Å². The Bertz CT molecular complexity index is 723. The van der Waals surface area contributed by atoms with Crippen molar-refractivity contribution in [2.24, 2.45) is 0 Å². The first-order valence-corrected chi connectivity index (χ1v) is 7.22. The highest BCUT2D eigenvalue weighted by atomic mass is 19.3. The number of phenols is 1. The number of nitrogens with zero attached hydrogens (tertiary/aromatic N) is 1. The highest BCUT2D eigenvalue weighted by Gasteiger charge is 2.15. The molecule has 128 valence electrons. The molecule has 24 heavy (non-hydrogen) atoms. The van der Waals surface area contributed by atoms with Gasteiger partial charge in [-0.3, -0.25) is 0 Å². The first-order valence-electron chi connectivity index (χ1n) is 7.22. The molecule has 0 atom stereocenters. The Hall–Kier alpha value is -2.83. The van der Waals surface area contributed by atoms with Crippen LogP contribution >= 0.6 is 0 Å². The van der Waals surface area contributed by atoms with Crippen molar-refractivity contribution >= 4 is 11.7 Å². The summed E-state index contributed by atoms with van der Waals surface area (Å²) in [5.74, 6) is 0.104. The van der Waals surface area contributed by atoms with E-state index in [0.29, 0.717) is 16.8 Å². The molecule has 2 N–H and O–H groups in total. The molecule has 0 aliphatic heterocycles. The van der Waals surface area contributed by atoms with Crippen LogP contribution in [0.25, 0.3) is 0 Å². The number of ether oxygens (including phenoxy) is 1. The van der Waals surface area contributed by atoms with Crippen LogP contribution in [0.1, 0.15) is 11.1 Å². The summed E-state index contributed by atoms with van der Waals surface area (Å²) in [5, 5.41) is 12.4. The number of amides is 2. The van der Waals surface area contributed by atoms with E-state index >= 15 is 0 Å². The highest BCUT2D eigenvalue weighted by Crippen LogP contribution is 2.27. The lowest BCUT2D eigenvalue weighted by atomic mass is 10.2. The van der Waals surface area contributed by atoms with Crippen LogP contribution in [-0.4, -0.2) is 29.7 Å². The largest absolute Gasteiger partial charge is 0.508 e. The van der Waals surface area contributed by atoms with E-state index in [0.717, 1.165) is 0 Å². The smallest absolute Gasteiger partial charge is 0.387 e. The number of carbonyl (C=O) groups is 1. The molecule has 0 saturated carbocycles. The summed E-state index contributed by atoms with van der Waals surface area (Å²) in [5.41, 5.74) is 1.38. The van der Waals surface area contributed by atoms with Gasteiger partial charge >= 0.3 is 12.6 Å². The topological polar surface area (TPSA) is 61.8 Å². The van der Waals surface area contributed by atoms with Crippen molar-refractivity contribution in [3.05, 3.63) is 53.6 Å². The summed E-state index contributed by atoms with van der Waals surface area (Å²) in [6.07, 6.45) is 0. The maximum Gasteiger partial charge on any atom is 0.387 e. The minimum atomic E-state index is -2.93. The van der Waals surface area contributed by atoms with Gasteiger partial charge in [0, 0.05) is 23.9 Å². The van der Waals surface area contributed by atoms with Crippen molar-refractivity contribution in [3.63, 3.8) is 0 Å². The second kappa shape index (κ2) is 7.63. The van der Waals surface area contributed by atoms with E-state index in [-0.39, 0.29) is 18.0 Å². The molecule has 0 aliphatic carbocycles. The number of halogens is 2. The van der Waals surface area contributed by atoms with E-state index in [1.807, 2.05) is 0 Å². The van der Waals surface area contributed by atoms with Gasteiger partial charge in [0.1, 0.15) is 11.5 Å². The fourth-order valence-electron chi connectivity index (χ4n) is 2.16. The molecule has 0 spiro atoms. The Morgan fingerprint density at radius 2 is 1.96 bits per heavy atom. The molecule has 0 saturated heterocycles. The van der Waals surface area contributed by atoms with Crippen molar-refractivity contribution in [3.8, 4) is 11.5 Å². The van der Waals surface area contributed by atoms with E-state index in [1.165, 1.54) is 23.1 Å². The molecule has 0 unspecified atom stereocenters. The summed E-state index contributed by atoms with van der Waals surface area (Å²) < 4.78 is 29.1. The predicted octanol–water partition coefficient (Wildman–Crippen LogP) is 3.97. The van der Waals surface area contributed by atoms with E-state index in [1.54, 1.807) is 38.2 Å². The number of hydrogen-bond acceptors (Lipinski definition) is 3. The molecular formula is C17H18F2N2O3. The van der Waals surface area contributed by atoms with Gasteiger partial charge in [0.2, 0.25) is 0 Å². The van der Waals surface area contributed by atoms with Gasteiger partial charge in [0.25, 0.3) is 0 Å². The molecule has 0 aliphatic rings. The zero-order valence-electron chi connectivity index (χ0n) is 13.3. The van der Waals surface area contributed by atoms with Crippen LogP contribution in [0.5, 0.6) is 11.5 Å². The Labute approximate surface area is 138 Å². The Kier molecular flexibility index (Phi) is 5.57. The monoisotopic (exact) mass is 336 g/mol. The molecule has 0 bridgehead atoms. The Morgan fingerprint density at radius 3 is 2.62 bits per heavy atom. The number of aromatic hydroxyl groups is 1. The van der Waals surface area contributed by atoms with Crippen LogP contribution in [0.4, 0.5) is 19.3 Å². The normalized spacial score (nSPS) is 10.5. The number of carbonyl (C=O) groups excluding carboxylic acids is 1. The second-order valence-corrected chi connectivity index (χ2v) is 5.22. The summed E-state index contributed by atoms with van der Waals surface area (Å²) in [6, 6.07) is 10.8. The first kappa shape index (κ1) is 17.5. The third-order valence-corrected chi connectivity index (χ3v) is 3.49. The number of phenolic OH excluding ortho intramolecular Hbond substituents is 1. The summed E-state index contributed by atoms with van der Waals surface area (Å²) in [6.45, 7) is -1.15. The minimum Gasteiger partial charge on any atom is -0.508 e. The van der Waals surface area contributed by atoms with Crippen molar-refractivity contribution in [2.45, 2.75) is 20.1 Å². The van der Waals surface area contributed by atoms with Gasteiger partial charge in [-0.05, 0) is 25.1 Å². The summed E-state index contributed by atoms with van der Waals surface area (Å²) >= 11 is 0. The molecule has 2 aromatic carbocycles. The number of nitrogens with one attached hydrogen (secondary N) is 1. The zero-order chi connectivity index (χ0) is 17.7. The summed E-state index contributed by atoms with van der Waals surface area (Å²) in [4.78, 5) is 13.6. The Balaban J connectivity index is 2.08. The SMILES string of the molecule is Cc1c(NC(=O)N(C)Cc2ccccc2O)cccc1OC(F)F. The average Bonchev–Trinajstić information content (AvgIpc) is 2.53. The number of anilines is 1. The molecule has 7 heteroatoms. The lowest BCUT2D eigenvalue weighted by molar-refractivity contribution is -0.0502. The molecule has 5 nitrogen and oxygen atoms in total. The lowest BCUT2D eigenvalue weighted by Gasteiger charge is -2.20. The second-order valence-electron chi connectivity index (χ2n) is 5.22. The molecule has 2 aromatic rings. The lowest BCUT2D eigenvalue weighted by Crippen LogP contribution is -2.31. The van der Waals surface area contributed by atoms with Crippen molar-refractivity contribution in [2.75, 3.05) is 12.4 Å². The maximum atomic E-state index is 12.4. The van der Waals surface area contributed by atoms with Crippen LogP contribution in [0.3, 0.4) is 0 Å². The van der Waals surface area contributed by atoms with Gasteiger partial charge in [0.15, 0.2) is 0 Å². The highest BCUT2D eigenvalue weighted by molar-refractivity contribution is 5.90. The van der Waals surface area contributed by atoms with Crippen molar-refractivity contribution in [1.29, 1.82) is 0 Å². The maximum absolute atomic E-state index is 12.4. The third-order valence-electron chi connectivity index (χ3n) is 3.49. The average molecular weight is 336 g/mol. The van der Waals surface area contributed by atoms with Gasteiger partial charge in [0.05, 0.1) is 6.54 Å². The van der Waals surface area contributed by atoms with Gasteiger partial charge in [-0.1, -0.05) is 24.3 Å². The number of hydrogen-bond donors (Lipinski definition) is 2. The number of benzene rings is 2. The van der Waals surface area contributed by atoms with Crippen LogP contribution in [-0.2, 0) is 6.54 Å². The van der Waals surface area contributed by atoms with Gasteiger partial charge in [-0.15, -0.1) is 0 Å². The van der Waals surface area contributed by atoms with Crippen molar-refractivity contribution in [1.82, 2.24) is 4.90 Å². The Morgan fingerprint density at radius 1 is 1.25 bits per heavy atom. The first-order chi connectivity index (χ1) is 11.4. The van der Waals surface area contributed by atoms with E-state index in [4.69, 9.17) is 0 Å². The molecular weight excluding hydrogens is 318 g/mol. The molecule has 2 amide bonds. The number of rotatable bonds is 5. The number of alkyl halides is 2. The quantitative estimate of drug-likeness (QED) is 0.868. The molecule has 0 fully saturated rings. The van der Waals surface area contributed by atoms with Crippen LogP contribution in [0, 0.1) is 6.92 Å². The molecule has 2 rings (SSSR count). The van der Waals surface area contributed by atoms with Crippen LogP contribution in [0.15, 0.2) is 42.5 Å². The predicted molar refractivity (Wildman–Crippen MR) is 86.4 cm³/mol. The minimum absolute atomic E-state index is 0.00570. The standard InChI is InChI=1S/C17H18F2N2O3/c1-11-13(7-5-9-15(11)24-16(18)19)20-17(23)21(2)10-12-6-3-4-8-14(12)22/h3-9,16,22H,10H2,1-2H3,(H,20,23). The number of para-hydroxylation sites is 1.